The normalized spacial score (nSPS) is 17.4. The number of hydrogen-bond donors (Lipinski definition) is 0. The summed E-state index contributed by atoms with van der Waals surface area (Å²) in [5.41, 5.74) is -0.914. The third-order valence-corrected chi connectivity index (χ3v) is 5.60. The molecule has 1 aliphatic carbocycles. The van der Waals surface area contributed by atoms with Crippen molar-refractivity contribution in [2.45, 2.75) is 55.9 Å². The quantitative estimate of drug-likeness (QED) is 0.784. The predicted octanol–water partition coefficient (Wildman–Crippen LogP) is 3.79. The van der Waals surface area contributed by atoms with Crippen LogP contribution in [0, 0.1) is 12.2 Å². The Hall–Kier alpha value is -1.96. The molecule has 1 aromatic heterocycles. The summed E-state index contributed by atoms with van der Waals surface area (Å²) in [5, 5.41) is 4.00. The van der Waals surface area contributed by atoms with E-state index in [9.17, 15) is 12.8 Å². The van der Waals surface area contributed by atoms with Crippen LogP contribution in [0.25, 0.3) is 0 Å². The molecule has 1 aromatic carbocycles. The van der Waals surface area contributed by atoms with Crippen LogP contribution in [-0.2, 0) is 15.4 Å². The van der Waals surface area contributed by atoms with Crippen molar-refractivity contribution in [1.29, 1.82) is 0 Å². The van der Waals surface area contributed by atoms with Gasteiger partial charge in [-0.25, -0.2) is 12.8 Å². The maximum atomic E-state index is 14.5. The van der Waals surface area contributed by atoms with E-state index in [-0.39, 0.29) is 16.6 Å². The summed E-state index contributed by atoms with van der Waals surface area (Å²) >= 11 is 0. The number of rotatable bonds is 5. The van der Waals surface area contributed by atoms with E-state index in [4.69, 9.17) is 9.26 Å². The summed E-state index contributed by atoms with van der Waals surface area (Å²) in [7, 11) is -3.49. The third-order valence-electron chi connectivity index (χ3n) is 4.49. The van der Waals surface area contributed by atoms with E-state index < -0.39 is 21.3 Å². The fourth-order valence-corrected chi connectivity index (χ4v) is 3.59. The van der Waals surface area contributed by atoms with Crippen molar-refractivity contribution >= 4 is 9.84 Å². The van der Waals surface area contributed by atoms with Crippen LogP contribution in [0.15, 0.2) is 27.6 Å². The molecule has 141 valence electrons. The molecule has 1 aliphatic rings. The number of benzene rings is 1. The molecule has 0 saturated heterocycles. The zero-order valence-corrected chi connectivity index (χ0v) is 15.8. The van der Waals surface area contributed by atoms with Gasteiger partial charge in [0.1, 0.15) is 0 Å². The van der Waals surface area contributed by atoms with Crippen LogP contribution in [0.3, 0.4) is 0 Å². The molecule has 6 nitrogen and oxygen atoms in total. The largest absolute Gasteiger partial charge is 0.474 e. The molecule has 1 saturated carbocycles. The second-order valence-electron chi connectivity index (χ2n) is 6.94. The summed E-state index contributed by atoms with van der Waals surface area (Å²) in [6, 6.07) is 3.65. The fraction of sp³-hybridized carbons (Fsp3) is 0.500. The number of hydrogen-bond acceptors (Lipinski definition) is 6. The maximum absolute atomic E-state index is 14.5. The standard InChI is InChI=1S/C18H22FN2O4S/c1-12(2)16-20-17(25-21-16)18(9-5-4-6-10-18)24-15-8-7-13(11-14(15)19)26(3,22)23/h4,7-8,11-12H,5-6,9-10H2,1-3H3. The summed E-state index contributed by atoms with van der Waals surface area (Å²) in [4.78, 5) is 4.36. The van der Waals surface area contributed by atoms with Gasteiger partial charge in [0.2, 0.25) is 0 Å². The van der Waals surface area contributed by atoms with E-state index >= 15 is 0 Å². The lowest BCUT2D eigenvalue weighted by molar-refractivity contribution is 0.00162. The molecule has 0 N–H and O–H groups in total. The highest BCUT2D eigenvalue weighted by Gasteiger charge is 2.42. The molecule has 0 aliphatic heterocycles. The summed E-state index contributed by atoms with van der Waals surface area (Å²) in [6.45, 7) is 3.92. The number of sulfone groups is 1. The van der Waals surface area contributed by atoms with Crippen molar-refractivity contribution in [2.75, 3.05) is 6.26 Å². The van der Waals surface area contributed by atoms with Crippen molar-refractivity contribution in [1.82, 2.24) is 10.1 Å². The molecule has 0 amide bonds. The zero-order chi connectivity index (χ0) is 18.9. The Kier molecular flexibility index (Phi) is 5.05. The molecule has 0 unspecified atom stereocenters. The minimum Gasteiger partial charge on any atom is -0.474 e. The van der Waals surface area contributed by atoms with Crippen molar-refractivity contribution in [3.8, 4) is 5.75 Å². The van der Waals surface area contributed by atoms with E-state index in [2.05, 4.69) is 16.6 Å². The molecule has 1 heterocycles. The van der Waals surface area contributed by atoms with E-state index in [1.807, 2.05) is 13.8 Å². The Balaban J connectivity index is 1.96. The Morgan fingerprint density at radius 3 is 2.50 bits per heavy atom. The van der Waals surface area contributed by atoms with Gasteiger partial charge in [0.05, 0.1) is 4.90 Å². The number of aromatic nitrogens is 2. The third kappa shape index (κ3) is 3.75. The number of ether oxygens (including phenoxy) is 1. The second kappa shape index (κ2) is 6.98. The van der Waals surface area contributed by atoms with Gasteiger partial charge < -0.3 is 9.26 Å². The highest BCUT2D eigenvalue weighted by atomic mass is 32.2. The van der Waals surface area contributed by atoms with Crippen LogP contribution in [0.4, 0.5) is 4.39 Å². The van der Waals surface area contributed by atoms with Gasteiger partial charge in [0.25, 0.3) is 5.89 Å². The van der Waals surface area contributed by atoms with Gasteiger partial charge in [-0.3, -0.25) is 0 Å². The van der Waals surface area contributed by atoms with Gasteiger partial charge in [0.15, 0.2) is 32.8 Å². The van der Waals surface area contributed by atoms with Crippen molar-refractivity contribution < 1.29 is 22.1 Å². The molecule has 1 fully saturated rings. The first-order valence-corrected chi connectivity index (χ1v) is 10.4. The summed E-state index contributed by atoms with van der Waals surface area (Å²) in [6.07, 6.45) is 5.90. The van der Waals surface area contributed by atoms with Gasteiger partial charge in [-0.1, -0.05) is 19.0 Å². The van der Waals surface area contributed by atoms with Crippen LogP contribution >= 0.6 is 0 Å². The Labute approximate surface area is 152 Å². The van der Waals surface area contributed by atoms with Crippen LogP contribution in [0.5, 0.6) is 5.75 Å². The Bertz CT molecular complexity index is 886. The molecule has 0 bridgehead atoms. The molecule has 26 heavy (non-hydrogen) atoms. The minimum atomic E-state index is -3.49. The summed E-state index contributed by atoms with van der Waals surface area (Å²) in [5.74, 6) is 0.255. The lowest BCUT2D eigenvalue weighted by atomic mass is 9.84. The van der Waals surface area contributed by atoms with Gasteiger partial charge in [-0.2, -0.15) is 4.98 Å². The monoisotopic (exact) mass is 381 g/mol. The number of nitrogens with zero attached hydrogens (tertiary/aromatic N) is 2. The Morgan fingerprint density at radius 2 is 1.96 bits per heavy atom. The molecular weight excluding hydrogens is 359 g/mol. The van der Waals surface area contributed by atoms with Crippen LogP contribution in [0.2, 0.25) is 0 Å². The van der Waals surface area contributed by atoms with Gasteiger partial charge in [-0.15, -0.1) is 0 Å². The lowest BCUT2D eigenvalue weighted by Gasteiger charge is -2.34. The van der Waals surface area contributed by atoms with Crippen molar-refractivity contribution in [3.05, 3.63) is 42.2 Å². The molecule has 0 atom stereocenters. The first-order valence-electron chi connectivity index (χ1n) is 8.56. The second-order valence-corrected chi connectivity index (χ2v) is 8.95. The Morgan fingerprint density at radius 1 is 1.27 bits per heavy atom. The van der Waals surface area contributed by atoms with Crippen LogP contribution in [0.1, 0.15) is 57.2 Å². The van der Waals surface area contributed by atoms with E-state index in [0.717, 1.165) is 25.2 Å². The molecule has 2 aromatic rings. The SMILES string of the molecule is CC(C)c1noc(C2(Oc3ccc(S(C)(=O)=O)cc3F)CC[CH]CC2)n1. The smallest absolute Gasteiger partial charge is 0.270 e. The van der Waals surface area contributed by atoms with Gasteiger partial charge in [-0.05, 0) is 50.3 Å². The highest BCUT2D eigenvalue weighted by molar-refractivity contribution is 7.90. The van der Waals surface area contributed by atoms with Crippen molar-refractivity contribution in [2.24, 2.45) is 0 Å². The van der Waals surface area contributed by atoms with Crippen LogP contribution in [-0.4, -0.2) is 24.8 Å². The average molecular weight is 381 g/mol. The topological polar surface area (TPSA) is 82.3 Å². The van der Waals surface area contributed by atoms with Crippen molar-refractivity contribution in [3.63, 3.8) is 0 Å². The van der Waals surface area contributed by atoms with Crippen LogP contribution < -0.4 is 4.74 Å². The van der Waals surface area contributed by atoms with Gasteiger partial charge in [0, 0.05) is 12.2 Å². The van der Waals surface area contributed by atoms with E-state index in [1.165, 1.54) is 12.1 Å². The first-order chi connectivity index (χ1) is 12.2. The molecule has 0 spiro atoms. The fourth-order valence-electron chi connectivity index (χ4n) is 2.96. The van der Waals surface area contributed by atoms with Gasteiger partial charge >= 0.3 is 0 Å². The molecule has 1 radical (unpaired) electrons. The molecule has 8 heteroatoms. The van der Waals surface area contributed by atoms with E-state index in [0.29, 0.717) is 24.6 Å². The zero-order valence-electron chi connectivity index (χ0n) is 15.0. The average Bonchev–Trinajstić information content (AvgIpc) is 3.08. The first kappa shape index (κ1) is 18.8. The number of halogens is 1. The molecular formula is C18H22FN2O4S. The van der Waals surface area contributed by atoms with E-state index in [1.54, 1.807) is 0 Å². The minimum absolute atomic E-state index is 0.0244. The maximum Gasteiger partial charge on any atom is 0.270 e. The highest BCUT2D eigenvalue weighted by Crippen LogP contribution is 2.41. The predicted molar refractivity (Wildman–Crippen MR) is 93.0 cm³/mol. The molecule has 3 rings (SSSR count). The lowest BCUT2D eigenvalue weighted by Crippen LogP contribution is -2.36. The summed E-state index contributed by atoms with van der Waals surface area (Å²) < 4.78 is 49.2.